The van der Waals surface area contributed by atoms with Crippen molar-refractivity contribution in [1.29, 1.82) is 0 Å². The minimum absolute atomic E-state index is 0.285. The maximum absolute atomic E-state index is 12.4. The predicted molar refractivity (Wildman–Crippen MR) is 96.0 cm³/mol. The van der Waals surface area contributed by atoms with Crippen LogP contribution >= 0.6 is 0 Å². The summed E-state index contributed by atoms with van der Waals surface area (Å²) < 4.78 is 7.58. The lowest BCUT2D eigenvalue weighted by molar-refractivity contribution is 0.0473. The van der Waals surface area contributed by atoms with Crippen LogP contribution in [0.25, 0.3) is 21.8 Å². The molecule has 0 N–H and O–H groups in total. The molecule has 0 radical (unpaired) electrons. The van der Waals surface area contributed by atoms with E-state index in [0.29, 0.717) is 5.56 Å². The number of hydrogen-bond acceptors (Lipinski definition) is 2. The number of esters is 1. The smallest absolute Gasteiger partial charge is 0.338 e. The molecule has 4 rings (SSSR count). The molecule has 1 aromatic heterocycles. The van der Waals surface area contributed by atoms with E-state index in [4.69, 9.17) is 4.74 Å². The van der Waals surface area contributed by atoms with E-state index in [1.165, 1.54) is 0 Å². The molecule has 0 saturated carbocycles. The highest BCUT2D eigenvalue weighted by Crippen LogP contribution is 2.28. The maximum Gasteiger partial charge on any atom is 0.338 e. The number of fused-ring (bicyclic) bond motifs is 3. The van der Waals surface area contributed by atoms with E-state index in [2.05, 4.69) is 16.7 Å². The summed E-state index contributed by atoms with van der Waals surface area (Å²) in [6, 6.07) is 23.6. The van der Waals surface area contributed by atoms with Crippen molar-refractivity contribution in [3.63, 3.8) is 0 Å². The Labute approximate surface area is 140 Å². The average Bonchev–Trinajstić information content (AvgIpc) is 2.93. The Bertz CT molecular complexity index is 1030. The molecule has 0 aliphatic carbocycles. The molecule has 0 fully saturated rings. The monoisotopic (exact) mass is 315 g/mol. The molecule has 3 aromatic carbocycles. The number of para-hydroxylation sites is 1. The van der Waals surface area contributed by atoms with Gasteiger partial charge in [0.15, 0.2) is 0 Å². The average molecular weight is 315 g/mol. The Balaban J connectivity index is 1.67. The summed E-state index contributed by atoms with van der Waals surface area (Å²) >= 11 is 0. The number of benzene rings is 3. The number of aryl methyl sites for hydroxylation is 1. The van der Waals surface area contributed by atoms with Gasteiger partial charge < -0.3 is 9.30 Å². The lowest BCUT2D eigenvalue weighted by Gasteiger charge is -2.05. The third-order valence-corrected chi connectivity index (χ3v) is 4.36. The van der Waals surface area contributed by atoms with Crippen molar-refractivity contribution in [2.24, 2.45) is 7.05 Å². The lowest BCUT2D eigenvalue weighted by Crippen LogP contribution is -2.05. The summed E-state index contributed by atoms with van der Waals surface area (Å²) in [5, 5.41) is 2.22. The highest BCUT2D eigenvalue weighted by Gasteiger charge is 2.12. The van der Waals surface area contributed by atoms with Gasteiger partial charge in [-0.1, -0.05) is 48.5 Å². The van der Waals surface area contributed by atoms with Crippen molar-refractivity contribution in [2.75, 3.05) is 0 Å². The molecule has 0 bridgehead atoms. The van der Waals surface area contributed by atoms with Gasteiger partial charge in [-0.25, -0.2) is 4.79 Å². The molecule has 0 atom stereocenters. The van der Waals surface area contributed by atoms with Crippen molar-refractivity contribution in [3.05, 3.63) is 83.9 Å². The molecule has 24 heavy (non-hydrogen) atoms. The fourth-order valence-electron chi connectivity index (χ4n) is 3.10. The molecule has 0 unspecified atom stereocenters. The first kappa shape index (κ1) is 14.5. The largest absolute Gasteiger partial charge is 0.457 e. The first-order valence-electron chi connectivity index (χ1n) is 7.92. The van der Waals surface area contributed by atoms with Crippen LogP contribution in [0.4, 0.5) is 0 Å². The van der Waals surface area contributed by atoms with E-state index < -0.39 is 0 Å². The van der Waals surface area contributed by atoms with Gasteiger partial charge in [0.1, 0.15) is 6.61 Å². The van der Waals surface area contributed by atoms with Crippen molar-refractivity contribution in [1.82, 2.24) is 4.57 Å². The van der Waals surface area contributed by atoms with Gasteiger partial charge in [0.2, 0.25) is 0 Å². The second kappa shape index (κ2) is 5.85. The number of aromatic nitrogens is 1. The Morgan fingerprint density at radius 1 is 0.875 bits per heavy atom. The van der Waals surface area contributed by atoms with Crippen LogP contribution in [0.15, 0.2) is 72.8 Å². The van der Waals surface area contributed by atoms with E-state index >= 15 is 0 Å². The second-order valence-electron chi connectivity index (χ2n) is 5.87. The van der Waals surface area contributed by atoms with Gasteiger partial charge in [0, 0.05) is 28.9 Å². The van der Waals surface area contributed by atoms with Crippen LogP contribution < -0.4 is 0 Å². The first-order valence-corrected chi connectivity index (χ1v) is 7.92. The summed E-state index contributed by atoms with van der Waals surface area (Å²) in [5.41, 5.74) is 3.82. The van der Waals surface area contributed by atoms with Crippen LogP contribution in [0.5, 0.6) is 0 Å². The quantitative estimate of drug-likeness (QED) is 0.514. The van der Waals surface area contributed by atoms with Crippen molar-refractivity contribution in [3.8, 4) is 0 Å². The van der Waals surface area contributed by atoms with Crippen LogP contribution in [-0.2, 0) is 18.4 Å². The zero-order valence-corrected chi connectivity index (χ0v) is 13.4. The van der Waals surface area contributed by atoms with Gasteiger partial charge in [0.25, 0.3) is 0 Å². The lowest BCUT2D eigenvalue weighted by atomic mass is 10.1. The van der Waals surface area contributed by atoms with Crippen LogP contribution in [0, 0.1) is 0 Å². The molecule has 0 spiro atoms. The zero-order chi connectivity index (χ0) is 16.5. The molecular weight excluding hydrogens is 298 g/mol. The van der Waals surface area contributed by atoms with E-state index in [1.54, 1.807) is 0 Å². The topological polar surface area (TPSA) is 31.2 Å². The first-order chi connectivity index (χ1) is 11.7. The van der Waals surface area contributed by atoms with E-state index in [9.17, 15) is 4.79 Å². The van der Waals surface area contributed by atoms with Crippen LogP contribution in [-0.4, -0.2) is 10.5 Å². The summed E-state index contributed by atoms with van der Waals surface area (Å²) in [6.45, 7) is 0.285. The van der Waals surface area contributed by atoms with Gasteiger partial charge in [-0.15, -0.1) is 0 Å². The van der Waals surface area contributed by atoms with E-state index in [0.717, 1.165) is 27.4 Å². The van der Waals surface area contributed by atoms with Crippen LogP contribution in [0.2, 0.25) is 0 Å². The standard InChI is InChI=1S/C21H17NO2/c1-22-19-10-6-5-9-17(19)18-13-16(11-12-20(18)22)21(23)24-14-15-7-3-2-4-8-15/h2-13H,14H2,1H3. The zero-order valence-electron chi connectivity index (χ0n) is 13.4. The minimum atomic E-state index is -0.298. The minimum Gasteiger partial charge on any atom is -0.457 e. The van der Waals surface area contributed by atoms with Crippen molar-refractivity contribution < 1.29 is 9.53 Å². The normalized spacial score (nSPS) is 11.0. The molecule has 118 valence electrons. The number of rotatable bonds is 3. The third kappa shape index (κ3) is 2.44. The number of carbonyl (C=O) groups excluding carboxylic acids is 1. The molecule has 3 heteroatoms. The number of ether oxygens (including phenoxy) is 1. The van der Waals surface area contributed by atoms with E-state index in [1.807, 2.05) is 67.7 Å². The molecule has 1 heterocycles. The van der Waals surface area contributed by atoms with Gasteiger partial charge >= 0.3 is 5.97 Å². The number of carbonyl (C=O) groups is 1. The molecule has 0 saturated heterocycles. The Hall–Kier alpha value is -3.07. The molecule has 0 aliphatic heterocycles. The number of nitrogens with zero attached hydrogens (tertiary/aromatic N) is 1. The molecule has 0 amide bonds. The fraction of sp³-hybridized carbons (Fsp3) is 0.0952. The third-order valence-electron chi connectivity index (χ3n) is 4.36. The molecule has 3 nitrogen and oxygen atoms in total. The molecule has 0 aliphatic rings. The molecular formula is C21H17NO2. The van der Waals surface area contributed by atoms with E-state index in [-0.39, 0.29) is 12.6 Å². The second-order valence-corrected chi connectivity index (χ2v) is 5.87. The van der Waals surface area contributed by atoms with Gasteiger partial charge in [-0.05, 0) is 29.8 Å². The summed E-state index contributed by atoms with van der Waals surface area (Å²) in [7, 11) is 2.04. The summed E-state index contributed by atoms with van der Waals surface area (Å²) in [6.07, 6.45) is 0. The highest BCUT2D eigenvalue weighted by atomic mass is 16.5. The maximum atomic E-state index is 12.4. The Morgan fingerprint density at radius 2 is 1.58 bits per heavy atom. The summed E-state index contributed by atoms with van der Waals surface area (Å²) in [5.74, 6) is -0.298. The number of hydrogen-bond donors (Lipinski definition) is 0. The van der Waals surface area contributed by atoms with Gasteiger partial charge in [-0.3, -0.25) is 0 Å². The predicted octanol–water partition coefficient (Wildman–Crippen LogP) is 4.69. The molecule has 4 aromatic rings. The van der Waals surface area contributed by atoms with Crippen LogP contribution in [0.3, 0.4) is 0 Å². The fourth-order valence-corrected chi connectivity index (χ4v) is 3.10. The van der Waals surface area contributed by atoms with Crippen molar-refractivity contribution in [2.45, 2.75) is 6.61 Å². The van der Waals surface area contributed by atoms with Gasteiger partial charge in [-0.2, -0.15) is 0 Å². The van der Waals surface area contributed by atoms with Gasteiger partial charge in [0.05, 0.1) is 5.56 Å². The Kier molecular flexibility index (Phi) is 3.54. The Morgan fingerprint density at radius 3 is 2.42 bits per heavy atom. The van der Waals surface area contributed by atoms with Crippen LogP contribution in [0.1, 0.15) is 15.9 Å². The summed E-state index contributed by atoms with van der Waals surface area (Å²) in [4.78, 5) is 12.4. The SMILES string of the molecule is Cn1c2ccccc2c2cc(C(=O)OCc3ccccc3)ccc21. The van der Waals surface area contributed by atoms with Crippen molar-refractivity contribution >= 4 is 27.8 Å². The highest BCUT2D eigenvalue weighted by molar-refractivity contribution is 6.10.